The third kappa shape index (κ3) is 4.77. The first-order chi connectivity index (χ1) is 16.0. The fourth-order valence-electron chi connectivity index (χ4n) is 3.35. The number of aromatic hydroxyl groups is 1. The molecular weight excluding hydrogens is 501 g/mol. The summed E-state index contributed by atoms with van der Waals surface area (Å²) in [6, 6.07) is 13.6. The van der Waals surface area contributed by atoms with E-state index in [9.17, 15) is 23.1 Å². The van der Waals surface area contributed by atoms with Gasteiger partial charge in [0.25, 0.3) is 11.5 Å². The number of rotatable bonds is 5. The number of nitrogens with zero attached hydrogens (tertiary/aromatic N) is 2. The zero-order valence-electron chi connectivity index (χ0n) is 17.6. The minimum Gasteiger partial charge on any atom is -0.505 e. The van der Waals surface area contributed by atoms with Gasteiger partial charge in [-0.1, -0.05) is 41.4 Å². The first-order valence-corrected chi connectivity index (χ1v) is 12.5. The Morgan fingerprint density at radius 1 is 1.09 bits per heavy atom. The maximum Gasteiger partial charge on any atom is 0.263 e. The molecule has 0 saturated carbocycles. The second kappa shape index (κ2) is 9.09. The van der Waals surface area contributed by atoms with Gasteiger partial charge in [0.05, 0.1) is 44.4 Å². The number of hydrogen-bond donors (Lipinski definition) is 2. The largest absolute Gasteiger partial charge is 0.505 e. The molecule has 3 aromatic carbocycles. The van der Waals surface area contributed by atoms with E-state index in [0.29, 0.717) is 11.1 Å². The second-order valence-corrected chi connectivity index (χ2v) is 10.4. The second-order valence-electron chi connectivity index (χ2n) is 7.54. The molecule has 8 nitrogen and oxygen atoms in total. The number of halogens is 2. The van der Waals surface area contributed by atoms with Gasteiger partial charge >= 0.3 is 0 Å². The number of fused-ring (bicyclic) bond motifs is 1. The van der Waals surface area contributed by atoms with Crippen LogP contribution in [-0.4, -0.2) is 35.2 Å². The summed E-state index contributed by atoms with van der Waals surface area (Å²) in [6.07, 6.45) is 2.51. The average molecular weight is 518 g/mol. The van der Waals surface area contributed by atoms with Crippen molar-refractivity contribution in [3.8, 4) is 5.75 Å². The van der Waals surface area contributed by atoms with Crippen LogP contribution in [0.4, 0.5) is 5.69 Å². The Morgan fingerprint density at radius 2 is 1.74 bits per heavy atom. The number of sulfone groups is 1. The van der Waals surface area contributed by atoms with Gasteiger partial charge in [-0.15, -0.1) is 0 Å². The average Bonchev–Trinajstić information content (AvgIpc) is 2.78. The van der Waals surface area contributed by atoms with Gasteiger partial charge in [0.15, 0.2) is 15.6 Å². The number of benzene rings is 3. The number of nitrogens with one attached hydrogen (secondary N) is 1. The zero-order valence-corrected chi connectivity index (χ0v) is 19.9. The van der Waals surface area contributed by atoms with Gasteiger partial charge in [-0.25, -0.2) is 13.4 Å². The molecule has 1 amide bonds. The number of phenols is 1. The molecule has 1 aromatic heterocycles. The number of amides is 1. The van der Waals surface area contributed by atoms with Gasteiger partial charge in [0, 0.05) is 11.8 Å². The van der Waals surface area contributed by atoms with Crippen molar-refractivity contribution in [1.82, 2.24) is 9.55 Å². The molecule has 0 aliphatic rings. The molecule has 2 N–H and O–H groups in total. The standard InChI is InChI=1S/C23H17Cl2N3O5S/c1-34(32,33)15-7-5-13(6-8-15)11-28-12-26-18-3-2-4-19(20(18)23(28)31)27-22(30)14-9-16(24)21(29)17(25)10-14/h2-10,12,29H,11H2,1H3,(H,27,30). The van der Waals surface area contributed by atoms with Crippen LogP contribution >= 0.6 is 23.2 Å². The third-order valence-corrected chi connectivity index (χ3v) is 6.79. The topological polar surface area (TPSA) is 118 Å². The molecule has 34 heavy (non-hydrogen) atoms. The minimum atomic E-state index is -3.33. The summed E-state index contributed by atoms with van der Waals surface area (Å²) in [5.74, 6) is -0.913. The first kappa shape index (κ1) is 23.7. The van der Waals surface area contributed by atoms with E-state index < -0.39 is 21.3 Å². The fraction of sp³-hybridized carbons (Fsp3) is 0.0870. The van der Waals surface area contributed by atoms with Gasteiger partial charge in [0.2, 0.25) is 0 Å². The molecule has 0 saturated heterocycles. The Hall–Kier alpha value is -3.40. The molecule has 4 aromatic rings. The number of carbonyl (C=O) groups is 1. The van der Waals surface area contributed by atoms with Crippen molar-refractivity contribution in [3.05, 3.63) is 92.5 Å². The normalized spacial score (nSPS) is 11.5. The summed E-state index contributed by atoms with van der Waals surface area (Å²) in [5, 5.41) is 12.4. The Labute approximate surface area is 204 Å². The highest BCUT2D eigenvalue weighted by Crippen LogP contribution is 2.33. The van der Waals surface area contributed by atoms with Crippen LogP contribution in [0.2, 0.25) is 10.0 Å². The lowest BCUT2D eigenvalue weighted by Crippen LogP contribution is -2.23. The summed E-state index contributed by atoms with van der Waals surface area (Å²) in [7, 11) is -3.33. The highest BCUT2D eigenvalue weighted by Gasteiger charge is 2.16. The summed E-state index contributed by atoms with van der Waals surface area (Å²) < 4.78 is 24.7. The molecule has 11 heteroatoms. The van der Waals surface area contributed by atoms with E-state index in [4.69, 9.17) is 23.2 Å². The molecule has 0 aliphatic heterocycles. The number of hydrogen-bond acceptors (Lipinski definition) is 6. The van der Waals surface area contributed by atoms with Crippen molar-refractivity contribution < 1.29 is 18.3 Å². The van der Waals surface area contributed by atoms with Gasteiger partial charge in [-0.2, -0.15) is 0 Å². The highest BCUT2D eigenvalue weighted by atomic mass is 35.5. The Morgan fingerprint density at radius 3 is 2.35 bits per heavy atom. The number of carbonyl (C=O) groups excluding carboxylic acids is 1. The summed E-state index contributed by atoms with van der Waals surface area (Å²) in [4.78, 5) is 30.5. The number of phenolic OH excluding ortho intramolecular Hbond substituents is 1. The number of anilines is 1. The van der Waals surface area contributed by atoms with Crippen LogP contribution in [0.3, 0.4) is 0 Å². The number of aromatic nitrogens is 2. The molecule has 0 unspecified atom stereocenters. The lowest BCUT2D eigenvalue weighted by molar-refractivity contribution is 0.102. The zero-order chi connectivity index (χ0) is 24.6. The van der Waals surface area contributed by atoms with Crippen molar-refractivity contribution in [2.24, 2.45) is 0 Å². The van der Waals surface area contributed by atoms with Crippen LogP contribution in [0.1, 0.15) is 15.9 Å². The molecule has 0 bridgehead atoms. The van der Waals surface area contributed by atoms with Crippen LogP contribution in [0, 0.1) is 0 Å². The predicted molar refractivity (Wildman–Crippen MR) is 131 cm³/mol. The summed E-state index contributed by atoms with van der Waals surface area (Å²) in [5.41, 5.74) is 1.02. The van der Waals surface area contributed by atoms with Crippen LogP contribution in [0.25, 0.3) is 10.9 Å². The molecule has 0 atom stereocenters. The molecule has 0 spiro atoms. The molecule has 4 rings (SSSR count). The van der Waals surface area contributed by atoms with Gasteiger partial charge in [0.1, 0.15) is 0 Å². The van der Waals surface area contributed by atoms with Crippen LogP contribution in [0.15, 0.2) is 70.6 Å². The van der Waals surface area contributed by atoms with Crippen molar-refractivity contribution >= 4 is 55.5 Å². The molecular formula is C23H17Cl2N3O5S. The van der Waals surface area contributed by atoms with Crippen LogP contribution in [-0.2, 0) is 16.4 Å². The quantitative estimate of drug-likeness (QED) is 0.411. The Bertz CT molecular complexity index is 1580. The van der Waals surface area contributed by atoms with Crippen molar-refractivity contribution in [2.45, 2.75) is 11.4 Å². The maximum atomic E-state index is 13.3. The molecule has 0 radical (unpaired) electrons. The van der Waals surface area contributed by atoms with E-state index in [1.807, 2.05) is 0 Å². The Kier molecular flexibility index (Phi) is 6.35. The lowest BCUT2D eigenvalue weighted by atomic mass is 10.1. The van der Waals surface area contributed by atoms with Crippen molar-refractivity contribution in [2.75, 3.05) is 11.6 Å². The SMILES string of the molecule is CS(=O)(=O)c1ccc(Cn2cnc3cccc(NC(=O)c4cc(Cl)c(O)c(Cl)c4)c3c2=O)cc1. The van der Waals surface area contributed by atoms with E-state index in [2.05, 4.69) is 10.3 Å². The minimum absolute atomic E-state index is 0.0820. The highest BCUT2D eigenvalue weighted by molar-refractivity contribution is 7.90. The summed E-state index contributed by atoms with van der Waals surface area (Å²) >= 11 is 11.8. The van der Waals surface area contributed by atoms with E-state index in [-0.39, 0.29) is 43.9 Å². The monoisotopic (exact) mass is 517 g/mol. The lowest BCUT2D eigenvalue weighted by Gasteiger charge is -2.12. The fourth-order valence-corrected chi connectivity index (χ4v) is 4.46. The van der Waals surface area contributed by atoms with Crippen LogP contribution in [0.5, 0.6) is 5.75 Å². The molecule has 174 valence electrons. The summed E-state index contributed by atoms with van der Waals surface area (Å²) in [6.45, 7) is 0.150. The van der Waals surface area contributed by atoms with Gasteiger partial charge in [-0.05, 0) is 42.0 Å². The van der Waals surface area contributed by atoms with E-state index in [1.54, 1.807) is 30.3 Å². The third-order valence-electron chi connectivity index (χ3n) is 5.09. The van der Waals surface area contributed by atoms with Crippen molar-refractivity contribution in [1.29, 1.82) is 0 Å². The molecule has 1 heterocycles. The maximum absolute atomic E-state index is 13.3. The van der Waals surface area contributed by atoms with Gasteiger partial charge in [-0.3, -0.25) is 14.2 Å². The molecule has 0 aliphatic carbocycles. The van der Waals surface area contributed by atoms with E-state index in [0.717, 1.165) is 6.26 Å². The van der Waals surface area contributed by atoms with Crippen LogP contribution < -0.4 is 10.9 Å². The Balaban J connectivity index is 1.69. The van der Waals surface area contributed by atoms with E-state index >= 15 is 0 Å². The van der Waals surface area contributed by atoms with E-state index in [1.165, 1.54) is 35.2 Å². The first-order valence-electron chi connectivity index (χ1n) is 9.81. The van der Waals surface area contributed by atoms with Crippen molar-refractivity contribution in [3.63, 3.8) is 0 Å². The molecule has 0 fully saturated rings. The van der Waals surface area contributed by atoms with Gasteiger partial charge < -0.3 is 10.4 Å². The smallest absolute Gasteiger partial charge is 0.263 e. The predicted octanol–water partition coefficient (Wildman–Crippen LogP) is 4.11.